The zero-order valence-electron chi connectivity index (χ0n) is 10.5. The van der Waals surface area contributed by atoms with E-state index in [1.807, 2.05) is 6.92 Å². The Morgan fingerprint density at radius 3 is 3.00 bits per heavy atom. The van der Waals surface area contributed by atoms with Crippen molar-refractivity contribution in [3.8, 4) is 0 Å². The molecule has 1 unspecified atom stereocenters. The molecule has 1 aromatic rings. The van der Waals surface area contributed by atoms with Gasteiger partial charge in [0.25, 0.3) is 0 Å². The molecular weight excluding hydrogens is 254 g/mol. The quantitative estimate of drug-likeness (QED) is 0.551. The van der Waals surface area contributed by atoms with Crippen molar-refractivity contribution >= 4 is 17.7 Å². The van der Waals surface area contributed by atoms with E-state index in [9.17, 15) is 4.79 Å². The van der Waals surface area contributed by atoms with Crippen molar-refractivity contribution in [1.82, 2.24) is 25.5 Å². The van der Waals surface area contributed by atoms with Gasteiger partial charge in [-0.3, -0.25) is 4.79 Å². The number of ether oxygens (including phenoxy) is 1. The van der Waals surface area contributed by atoms with Crippen LogP contribution in [0, 0.1) is 0 Å². The normalized spacial score (nSPS) is 16.6. The number of aromatic nitrogens is 4. The molecule has 1 aliphatic rings. The van der Waals surface area contributed by atoms with Gasteiger partial charge in [0.1, 0.15) is 6.04 Å². The molecule has 0 amide bonds. The Morgan fingerprint density at radius 2 is 2.44 bits per heavy atom. The average Bonchev–Trinajstić information content (AvgIpc) is 3.07. The lowest BCUT2D eigenvalue weighted by Crippen LogP contribution is -2.41. The Labute approximate surface area is 110 Å². The van der Waals surface area contributed by atoms with E-state index in [-0.39, 0.29) is 12.0 Å². The first-order chi connectivity index (χ1) is 8.70. The van der Waals surface area contributed by atoms with Gasteiger partial charge >= 0.3 is 5.97 Å². The highest BCUT2D eigenvalue weighted by atomic mass is 32.2. The van der Waals surface area contributed by atoms with E-state index in [1.54, 1.807) is 11.7 Å². The van der Waals surface area contributed by atoms with Crippen LogP contribution in [0.25, 0.3) is 0 Å². The fraction of sp³-hybridized carbons (Fsp3) is 0.800. The summed E-state index contributed by atoms with van der Waals surface area (Å²) in [7, 11) is 1.77. The molecule has 8 heteroatoms. The molecule has 1 aliphatic carbocycles. The van der Waals surface area contributed by atoms with Crippen LogP contribution >= 0.6 is 11.8 Å². The minimum atomic E-state index is -0.292. The number of carbonyl (C=O) groups excluding carboxylic acids is 1. The molecule has 1 atom stereocenters. The number of esters is 1. The number of aryl methyl sites for hydroxylation is 1. The number of carbonyl (C=O) groups is 1. The first-order valence-electron chi connectivity index (χ1n) is 5.98. The van der Waals surface area contributed by atoms with Gasteiger partial charge in [-0.25, -0.2) is 4.68 Å². The van der Waals surface area contributed by atoms with Gasteiger partial charge in [-0.1, -0.05) is 11.8 Å². The molecule has 0 aromatic carbocycles. The van der Waals surface area contributed by atoms with E-state index >= 15 is 0 Å². The molecule has 0 spiro atoms. The van der Waals surface area contributed by atoms with Gasteiger partial charge in [0.15, 0.2) is 0 Å². The molecule has 7 nitrogen and oxygen atoms in total. The summed E-state index contributed by atoms with van der Waals surface area (Å²) in [5, 5.41) is 15.2. The molecule has 0 bridgehead atoms. The first kappa shape index (κ1) is 13.3. The second-order valence-electron chi connectivity index (χ2n) is 4.14. The van der Waals surface area contributed by atoms with Crippen molar-refractivity contribution in [3.63, 3.8) is 0 Å². The Balaban J connectivity index is 1.87. The van der Waals surface area contributed by atoms with Crippen molar-refractivity contribution in [2.24, 2.45) is 7.05 Å². The third-order valence-corrected chi connectivity index (χ3v) is 3.65. The van der Waals surface area contributed by atoms with Crippen LogP contribution in [0.4, 0.5) is 0 Å². The minimum absolute atomic E-state index is 0.202. The van der Waals surface area contributed by atoms with Crippen LogP contribution in [-0.2, 0) is 16.6 Å². The minimum Gasteiger partial charge on any atom is -0.465 e. The summed E-state index contributed by atoms with van der Waals surface area (Å²) < 4.78 is 6.65. The Morgan fingerprint density at radius 1 is 1.67 bits per heavy atom. The SMILES string of the molecule is CCOC(=O)C(CSc1nnnn1C)NC1CC1. The number of nitrogens with zero attached hydrogens (tertiary/aromatic N) is 4. The highest BCUT2D eigenvalue weighted by Crippen LogP contribution is 2.22. The van der Waals surface area contributed by atoms with Crippen LogP contribution in [0.5, 0.6) is 0 Å². The summed E-state index contributed by atoms with van der Waals surface area (Å²) in [6.07, 6.45) is 2.26. The van der Waals surface area contributed by atoms with Crippen molar-refractivity contribution < 1.29 is 9.53 Å². The zero-order valence-corrected chi connectivity index (χ0v) is 11.3. The molecule has 2 rings (SSSR count). The molecular formula is C10H17N5O2S. The fourth-order valence-corrected chi connectivity index (χ4v) is 2.33. The van der Waals surface area contributed by atoms with Gasteiger partial charge in [0, 0.05) is 18.8 Å². The standard InChI is InChI=1S/C10H17N5O2S/c1-3-17-9(16)8(11-7-4-5-7)6-18-10-12-13-14-15(10)2/h7-8,11H,3-6H2,1-2H3. The molecule has 1 aromatic heterocycles. The second kappa shape index (κ2) is 6.14. The van der Waals surface area contributed by atoms with Crippen LogP contribution in [-0.4, -0.2) is 50.6 Å². The summed E-state index contributed by atoms with van der Waals surface area (Å²) in [5.74, 6) is 0.371. The van der Waals surface area contributed by atoms with Crippen molar-refractivity contribution in [2.45, 2.75) is 37.0 Å². The van der Waals surface area contributed by atoms with E-state index in [2.05, 4.69) is 20.8 Å². The summed E-state index contributed by atoms with van der Waals surface area (Å²) in [4.78, 5) is 11.8. The average molecular weight is 271 g/mol. The summed E-state index contributed by atoms with van der Waals surface area (Å²) >= 11 is 1.45. The maximum atomic E-state index is 11.8. The van der Waals surface area contributed by atoms with Crippen molar-refractivity contribution in [2.75, 3.05) is 12.4 Å². The van der Waals surface area contributed by atoms with E-state index in [1.165, 1.54) is 11.8 Å². The monoisotopic (exact) mass is 271 g/mol. The predicted molar refractivity (Wildman–Crippen MR) is 66.1 cm³/mol. The van der Waals surface area contributed by atoms with Gasteiger partial charge in [-0.2, -0.15) is 0 Å². The topological polar surface area (TPSA) is 81.9 Å². The van der Waals surface area contributed by atoms with Crippen LogP contribution in [0.15, 0.2) is 5.16 Å². The van der Waals surface area contributed by atoms with Crippen LogP contribution in [0.2, 0.25) is 0 Å². The lowest BCUT2D eigenvalue weighted by atomic mass is 10.3. The van der Waals surface area contributed by atoms with Crippen molar-refractivity contribution in [3.05, 3.63) is 0 Å². The van der Waals surface area contributed by atoms with E-state index in [4.69, 9.17) is 4.74 Å². The van der Waals surface area contributed by atoms with Gasteiger partial charge in [0.2, 0.25) is 5.16 Å². The van der Waals surface area contributed by atoms with Gasteiger partial charge < -0.3 is 10.1 Å². The van der Waals surface area contributed by atoms with E-state index < -0.39 is 0 Å². The number of hydrogen-bond donors (Lipinski definition) is 1. The first-order valence-corrected chi connectivity index (χ1v) is 6.97. The summed E-state index contributed by atoms with van der Waals surface area (Å²) in [6, 6.07) is 0.164. The Kier molecular flexibility index (Phi) is 4.54. The highest BCUT2D eigenvalue weighted by molar-refractivity contribution is 7.99. The maximum absolute atomic E-state index is 11.8. The third-order valence-electron chi connectivity index (χ3n) is 2.55. The largest absolute Gasteiger partial charge is 0.465 e. The van der Waals surface area contributed by atoms with Crippen LogP contribution in [0.1, 0.15) is 19.8 Å². The van der Waals surface area contributed by atoms with Crippen LogP contribution < -0.4 is 5.32 Å². The zero-order chi connectivity index (χ0) is 13.0. The number of tetrazole rings is 1. The fourth-order valence-electron chi connectivity index (χ4n) is 1.46. The molecule has 100 valence electrons. The molecule has 0 radical (unpaired) electrons. The molecule has 1 heterocycles. The molecule has 1 fully saturated rings. The smallest absolute Gasteiger partial charge is 0.324 e. The van der Waals surface area contributed by atoms with Gasteiger partial charge in [0.05, 0.1) is 6.61 Å². The molecule has 18 heavy (non-hydrogen) atoms. The lowest BCUT2D eigenvalue weighted by Gasteiger charge is -2.15. The number of hydrogen-bond acceptors (Lipinski definition) is 7. The Hall–Kier alpha value is -1.15. The predicted octanol–water partition coefficient (Wildman–Crippen LogP) is -0.0141. The highest BCUT2D eigenvalue weighted by Gasteiger charge is 2.29. The van der Waals surface area contributed by atoms with E-state index in [0.29, 0.717) is 23.6 Å². The van der Waals surface area contributed by atoms with Gasteiger partial charge in [-0.15, -0.1) is 5.10 Å². The van der Waals surface area contributed by atoms with Crippen molar-refractivity contribution in [1.29, 1.82) is 0 Å². The maximum Gasteiger partial charge on any atom is 0.324 e. The molecule has 0 saturated heterocycles. The number of rotatable bonds is 7. The lowest BCUT2D eigenvalue weighted by molar-refractivity contribution is -0.145. The summed E-state index contributed by atoms with van der Waals surface area (Å²) in [5.41, 5.74) is 0. The number of nitrogens with one attached hydrogen (secondary N) is 1. The van der Waals surface area contributed by atoms with Crippen LogP contribution in [0.3, 0.4) is 0 Å². The molecule has 0 aliphatic heterocycles. The number of thioether (sulfide) groups is 1. The molecule has 1 N–H and O–H groups in total. The molecule has 1 saturated carbocycles. The Bertz CT molecular complexity index is 407. The van der Waals surface area contributed by atoms with E-state index in [0.717, 1.165) is 12.8 Å². The summed E-state index contributed by atoms with van der Waals surface area (Å²) in [6.45, 7) is 2.21. The third kappa shape index (κ3) is 3.67. The van der Waals surface area contributed by atoms with Gasteiger partial charge in [-0.05, 0) is 30.2 Å². The second-order valence-corrected chi connectivity index (χ2v) is 5.13.